The smallest absolute Gasteiger partial charge is 0.242 e. The zero-order valence-electron chi connectivity index (χ0n) is 11.6. The van der Waals surface area contributed by atoms with Gasteiger partial charge in [-0.1, -0.05) is 24.9 Å². The van der Waals surface area contributed by atoms with Crippen LogP contribution < -0.4 is 15.4 Å². The minimum absolute atomic E-state index is 0.0135. The van der Waals surface area contributed by atoms with E-state index in [1.165, 1.54) is 0 Å². The molecule has 0 aliphatic heterocycles. The van der Waals surface area contributed by atoms with Crippen molar-refractivity contribution in [3.8, 4) is 5.75 Å². The maximum absolute atomic E-state index is 11.8. The highest BCUT2D eigenvalue weighted by Crippen LogP contribution is 2.27. The van der Waals surface area contributed by atoms with Gasteiger partial charge in [0, 0.05) is 12.2 Å². The molecule has 1 unspecified atom stereocenters. The number of methoxy groups -OCH3 is 1. The van der Waals surface area contributed by atoms with Crippen LogP contribution in [0.5, 0.6) is 5.75 Å². The highest BCUT2D eigenvalue weighted by molar-refractivity contribution is 6.32. The van der Waals surface area contributed by atoms with Gasteiger partial charge in [-0.25, -0.2) is 0 Å². The molecule has 19 heavy (non-hydrogen) atoms. The Labute approximate surface area is 119 Å². The van der Waals surface area contributed by atoms with Crippen molar-refractivity contribution in [2.24, 2.45) is 0 Å². The average Bonchev–Trinajstić information content (AvgIpc) is 2.39. The Balaban J connectivity index is 2.54. The number of carbonyl (C=O) groups is 1. The van der Waals surface area contributed by atoms with Crippen molar-refractivity contribution >= 4 is 23.2 Å². The standard InChI is InChI=1S/C14H21ClN2O2/c1-4-5-8-16-14(18)10(2)17-11-6-7-13(19-3)12(15)9-11/h6-7,9-10,17H,4-5,8H2,1-3H3,(H,16,18). The van der Waals surface area contributed by atoms with E-state index in [1.807, 2.05) is 13.0 Å². The van der Waals surface area contributed by atoms with Gasteiger partial charge in [0.25, 0.3) is 0 Å². The number of anilines is 1. The average molecular weight is 285 g/mol. The molecule has 0 aromatic heterocycles. The van der Waals surface area contributed by atoms with Crippen LogP contribution in [-0.4, -0.2) is 25.6 Å². The molecule has 1 aromatic carbocycles. The van der Waals surface area contributed by atoms with E-state index in [0.717, 1.165) is 18.5 Å². The van der Waals surface area contributed by atoms with Gasteiger partial charge in [-0.2, -0.15) is 0 Å². The summed E-state index contributed by atoms with van der Waals surface area (Å²) in [6.45, 7) is 4.62. The van der Waals surface area contributed by atoms with E-state index in [2.05, 4.69) is 17.6 Å². The van der Waals surface area contributed by atoms with Crippen LogP contribution in [0.2, 0.25) is 5.02 Å². The van der Waals surface area contributed by atoms with Crippen LogP contribution in [0, 0.1) is 0 Å². The summed E-state index contributed by atoms with van der Waals surface area (Å²) in [5.41, 5.74) is 0.795. The first-order valence-corrected chi connectivity index (χ1v) is 6.84. The van der Waals surface area contributed by atoms with Crippen molar-refractivity contribution in [1.82, 2.24) is 5.32 Å². The second-order valence-corrected chi connectivity index (χ2v) is 4.77. The highest BCUT2D eigenvalue weighted by atomic mass is 35.5. The zero-order chi connectivity index (χ0) is 14.3. The van der Waals surface area contributed by atoms with Gasteiger partial charge in [0.15, 0.2) is 0 Å². The van der Waals surface area contributed by atoms with Crippen LogP contribution >= 0.6 is 11.6 Å². The van der Waals surface area contributed by atoms with Gasteiger partial charge in [-0.3, -0.25) is 4.79 Å². The van der Waals surface area contributed by atoms with E-state index >= 15 is 0 Å². The van der Waals surface area contributed by atoms with Crippen molar-refractivity contribution in [1.29, 1.82) is 0 Å². The van der Waals surface area contributed by atoms with E-state index in [0.29, 0.717) is 17.3 Å². The Morgan fingerprint density at radius 1 is 1.47 bits per heavy atom. The quantitative estimate of drug-likeness (QED) is 0.757. The first-order valence-electron chi connectivity index (χ1n) is 6.46. The second kappa shape index (κ2) is 7.89. The summed E-state index contributed by atoms with van der Waals surface area (Å²) in [7, 11) is 1.57. The minimum atomic E-state index is -0.304. The first-order chi connectivity index (χ1) is 9.08. The molecule has 0 aliphatic rings. The summed E-state index contributed by atoms with van der Waals surface area (Å²) in [6, 6.07) is 5.05. The lowest BCUT2D eigenvalue weighted by Gasteiger charge is -2.16. The van der Waals surface area contributed by atoms with Crippen LogP contribution in [0.15, 0.2) is 18.2 Å². The third kappa shape index (κ3) is 4.99. The van der Waals surface area contributed by atoms with Gasteiger partial charge < -0.3 is 15.4 Å². The number of rotatable bonds is 7. The first kappa shape index (κ1) is 15.6. The van der Waals surface area contributed by atoms with Gasteiger partial charge in [-0.15, -0.1) is 0 Å². The fourth-order valence-electron chi connectivity index (χ4n) is 1.61. The number of hydrogen-bond donors (Lipinski definition) is 2. The lowest BCUT2D eigenvalue weighted by Crippen LogP contribution is -2.37. The Bertz CT molecular complexity index is 424. The van der Waals surface area contributed by atoms with Gasteiger partial charge in [0.1, 0.15) is 11.8 Å². The third-order valence-corrected chi connectivity index (χ3v) is 3.05. The molecule has 0 fully saturated rings. The number of halogens is 1. The van der Waals surface area contributed by atoms with Crippen molar-refractivity contribution in [3.63, 3.8) is 0 Å². The largest absolute Gasteiger partial charge is 0.495 e. The Hall–Kier alpha value is -1.42. The molecular formula is C14H21ClN2O2. The number of unbranched alkanes of at least 4 members (excludes halogenated alkanes) is 1. The molecule has 0 heterocycles. The molecule has 0 saturated carbocycles. The number of carbonyl (C=O) groups excluding carboxylic acids is 1. The van der Waals surface area contributed by atoms with Crippen LogP contribution in [0.3, 0.4) is 0 Å². The molecule has 0 spiro atoms. The Kier molecular flexibility index (Phi) is 6.50. The molecule has 5 heteroatoms. The molecule has 1 aromatic rings. The minimum Gasteiger partial charge on any atom is -0.495 e. The summed E-state index contributed by atoms with van der Waals surface area (Å²) >= 11 is 6.03. The topological polar surface area (TPSA) is 50.4 Å². The summed E-state index contributed by atoms with van der Waals surface area (Å²) in [4.78, 5) is 11.8. The maximum atomic E-state index is 11.8. The van der Waals surface area contributed by atoms with Crippen molar-refractivity contribution in [2.75, 3.05) is 19.0 Å². The normalized spacial score (nSPS) is 11.8. The fourth-order valence-corrected chi connectivity index (χ4v) is 1.87. The van der Waals surface area contributed by atoms with Crippen LogP contribution in [-0.2, 0) is 4.79 Å². The summed E-state index contributed by atoms with van der Waals surface area (Å²) in [5.74, 6) is 0.604. The molecular weight excluding hydrogens is 264 g/mol. The van der Waals surface area contributed by atoms with E-state index in [1.54, 1.807) is 19.2 Å². The SMILES string of the molecule is CCCCNC(=O)C(C)Nc1ccc(OC)c(Cl)c1. The zero-order valence-corrected chi connectivity index (χ0v) is 12.4. The summed E-state index contributed by atoms with van der Waals surface area (Å²) < 4.78 is 5.08. The van der Waals surface area contributed by atoms with Crippen molar-refractivity contribution in [3.05, 3.63) is 23.2 Å². The second-order valence-electron chi connectivity index (χ2n) is 4.36. The molecule has 0 aliphatic carbocycles. The molecule has 1 rings (SSSR count). The fraction of sp³-hybridized carbons (Fsp3) is 0.500. The predicted molar refractivity (Wildman–Crippen MR) is 79.0 cm³/mol. The summed E-state index contributed by atoms with van der Waals surface area (Å²) in [5, 5.41) is 6.51. The highest BCUT2D eigenvalue weighted by Gasteiger charge is 2.12. The molecule has 0 bridgehead atoms. The monoisotopic (exact) mass is 284 g/mol. The van der Waals surface area contributed by atoms with Crippen molar-refractivity contribution < 1.29 is 9.53 Å². The number of amides is 1. The Morgan fingerprint density at radius 2 is 2.21 bits per heavy atom. The number of nitrogens with one attached hydrogen (secondary N) is 2. The van der Waals surface area contributed by atoms with Crippen molar-refractivity contribution in [2.45, 2.75) is 32.7 Å². The maximum Gasteiger partial charge on any atom is 0.242 e. The molecule has 4 nitrogen and oxygen atoms in total. The van der Waals surface area contributed by atoms with Crippen LogP contribution in [0.4, 0.5) is 5.69 Å². The number of benzene rings is 1. The predicted octanol–water partition coefficient (Wildman–Crippen LogP) is 3.07. The lowest BCUT2D eigenvalue weighted by atomic mass is 10.2. The number of ether oxygens (including phenoxy) is 1. The molecule has 0 saturated heterocycles. The number of hydrogen-bond acceptors (Lipinski definition) is 3. The van der Waals surface area contributed by atoms with Gasteiger partial charge in [0.2, 0.25) is 5.91 Å². The third-order valence-electron chi connectivity index (χ3n) is 2.76. The van der Waals surface area contributed by atoms with Gasteiger partial charge in [0.05, 0.1) is 12.1 Å². The van der Waals surface area contributed by atoms with Gasteiger partial charge in [-0.05, 0) is 31.5 Å². The molecule has 2 N–H and O–H groups in total. The van der Waals surface area contributed by atoms with E-state index < -0.39 is 0 Å². The van der Waals surface area contributed by atoms with E-state index in [4.69, 9.17) is 16.3 Å². The molecule has 1 amide bonds. The molecule has 106 valence electrons. The van der Waals surface area contributed by atoms with E-state index in [-0.39, 0.29) is 11.9 Å². The van der Waals surface area contributed by atoms with E-state index in [9.17, 15) is 4.79 Å². The van der Waals surface area contributed by atoms with Crippen LogP contribution in [0.25, 0.3) is 0 Å². The Morgan fingerprint density at radius 3 is 2.79 bits per heavy atom. The molecule has 0 radical (unpaired) electrons. The van der Waals surface area contributed by atoms with Crippen LogP contribution in [0.1, 0.15) is 26.7 Å². The molecule has 1 atom stereocenters. The lowest BCUT2D eigenvalue weighted by molar-refractivity contribution is -0.121. The van der Waals surface area contributed by atoms with Gasteiger partial charge >= 0.3 is 0 Å². The summed E-state index contributed by atoms with van der Waals surface area (Å²) in [6.07, 6.45) is 2.06.